The lowest BCUT2D eigenvalue weighted by Crippen LogP contribution is -2.31. The number of aliphatic hydroxyl groups is 1. The molecule has 0 bridgehead atoms. The second-order valence-electron chi connectivity index (χ2n) is 3.65. The van der Waals surface area contributed by atoms with Gasteiger partial charge in [-0.3, -0.25) is 0 Å². The molecule has 1 unspecified atom stereocenters. The predicted octanol–water partition coefficient (Wildman–Crippen LogP) is 2.46. The summed E-state index contributed by atoms with van der Waals surface area (Å²) in [6.45, 7) is 1.68. The van der Waals surface area contributed by atoms with E-state index < -0.39 is 6.09 Å². The number of carbonyl (C=O) groups excluding carboxylic acids is 1. The van der Waals surface area contributed by atoms with Gasteiger partial charge in [-0.1, -0.05) is 29.8 Å². The number of carbonyl (C=O) groups is 1. The first-order valence-corrected chi connectivity index (χ1v) is 5.70. The van der Waals surface area contributed by atoms with Gasteiger partial charge in [0, 0.05) is 12.1 Å². The zero-order valence-corrected chi connectivity index (χ0v) is 10.6. The fourth-order valence-corrected chi connectivity index (χ4v) is 1.71. The van der Waals surface area contributed by atoms with Crippen LogP contribution in [0.2, 0.25) is 5.02 Å². The van der Waals surface area contributed by atoms with Crippen LogP contribution in [-0.2, 0) is 4.74 Å². The number of hydrogen-bond donors (Lipinski definition) is 1. The van der Waals surface area contributed by atoms with Gasteiger partial charge in [-0.15, -0.1) is 0 Å². The Balaban J connectivity index is 2.72. The number of aliphatic hydroxyl groups excluding tert-OH is 1. The third kappa shape index (κ3) is 3.61. The minimum atomic E-state index is -0.480. The van der Waals surface area contributed by atoms with Crippen LogP contribution in [-0.4, -0.2) is 36.4 Å². The molecule has 0 aromatic heterocycles. The zero-order chi connectivity index (χ0) is 12.8. The fourth-order valence-electron chi connectivity index (χ4n) is 1.42. The van der Waals surface area contributed by atoms with Crippen LogP contribution in [0.15, 0.2) is 24.3 Å². The molecule has 0 aliphatic heterocycles. The molecule has 1 rings (SSSR count). The molecule has 17 heavy (non-hydrogen) atoms. The van der Waals surface area contributed by atoms with Crippen molar-refractivity contribution in [2.75, 3.05) is 20.3 Å². The van der Waals surface area contributed by atoms with Gasteiger partial charge in [0.15, 0.2) is 0 Å². The molecule has 1 atom stereocenters. The van der Waals surface area contributed by atoms with E-state index in [2.05, 4.69) is 0 Å². The van der Waals surface area contributed by atoms with Crippen LogP contribution in [0.1, 0.15) is 18.5 Å². The van der Waals surface area contributed by atoms with Crippen molar-refractivity contribution in [3.05, 3.63) is 34.9 Å². The molecular weight excluding hydrogens is 242 g/mol. The molecule has 0 saturated carbocycles. The number of rotatable bonds is 4. The smallest absolute Gasteiger partial charge is 0.410 e. The molecule has 5 heteroatoms. The molecule has 0 saturated heterocycles. The summed E-state index contributed by atoms with van der Waals surface area (Å²) in [5.74, 6) is 0. The van der Waals surface area contributed by atoms with Gasteiger partial charge in [-0.25, -0.2) is 4.79 Å². The summed E-state index contributed by atoms with van der Waals surface area (Å²) in [5, 5.41) is 9.19. The highest BCUT2D eigenvalue weighted by molar-refractivity contribution is 6.31. The third-order valence-electron chi connectivity index (χ3n) is 2.54. The molecule has 0 aliphatic rings. The molecule has 0 aliphatic carbocycles. The maximum absolute atomic E-state index is 11.6. The van der Waals surface area contributed by atoms with Crippen molar-refractivity contribution in [1.82, 2.24) is 4.90 Å². The molecule has 0 heterocycles. The van der Waals surface area contributed by atoms with Crippen molar-refractivity contribution >= 4 is 17.7 Å². The maximum Gasteiger partial charge on any atom is 0.410 e. The van der Waals surface area contributed by atoms with E-state index in [9.17, 15) is 4.79 Å². The molecule has 0 fully saturated rings. The summed E-state index contributed by atoms with van der Waals surface area (Å²) >= 11 is 6.05. The van der Waals surface area contributed by atoms with Gasteiger partial charge in [0.1, 0.15) is 6.61 Å². The minimum absolute atomic E-state index is 0.00157. The molecule has 1 aromatic carbocycles. The summed E-state index contributed by atoms with van der Waals surface area (Å²) in [6.07, 6.45) is -0.480. The van der Waals surface area contributed by atoms with E-state index in [0.29, 0.717) is 5.02 Å². The van der Waals surface area contributed by atoms with Crippen molar-refractivity contribution in [3.63, 3.8) is 0 Å². The number of nitrogens with zero attached hydrogens (tertiary/aromatic N) is 1. The van der Waals surface area contributed by atoms with Gasteiger partial charge in [0.05, 0.1) is 12.6 Å². The largest absolute Gasteiger partial charge is 0.447 e. The number of ether oxygens (including phenoxy) is 1. The first kappa shape index (κ1) is 13.8. The fraction of sp³-hybridized carbons (Fsp3) is 0.417. The van der Waals surface area contributed by atoms with E-state index in [1.807, 2.05) is 25.1 Å². The van der Waals surface area contributed by atoms with Crippen molar-refractivity contribution in [2.45, 2.75) is 13.0 Å². The first-order valence-electron chi connectivity index (χ1n) is 5.32. The Hall–Kier alpha value is -1.26. The Morgan fingerprint density at radius 1 is 1.53 bits per heavy atom. The molecule has 1 N–H and O–H groups in total. The van der Waals surface area contributed by atoms with E-state index in [1.165, 1.54) is 4.90 Å². The topological polar surface area (TPSA) is 49.8 Å². The summed E-state index contributed by atoms with van der Waals surface area (Å²) in [5.41, 5.74) is 0.859. The number of benzene rings is 1. The molecule has 1 aromatic rings. The van der Waals surface area contributed by atoms with Crippen LogP contribution < -0.4 is 0 Å². The third-order valence-corrected chi connectivity index (χ3v) is 2.89. The van der Waals surface area contributed by atoms with Crippen LogP contribution in [0.4, 0.5) is 4.79 Å². The predicted molar refractivity (Wildman–Crippen MR) is 66.1 cm³/mol. The van der Waals surface area contributed by atoms with E-state index in [1.54, 1.807) is 13.1 Å². The molecule has 0 spiro atoms. The van der Waals surface area contributed by atoms with Gasteiger partial charge in [0.2, 0.25) is 0 Å². The second-order valence-corrected chi connectivity index (χ2v) is 4.05. The van der Waals surface area contributed by atoms with E-state index in [0.717, 1.165) is 5.56 Å². The Labute approximate surface area is 106 Å². The summed E-state index contributed by atoms with van der Waals surface area (Å²) in [4.78, 5) is 13.0. The SMILES string of the molecule is CC(c1ccccc1Cl)N(C)C(=O)OCCO. The molecular formula is C12H16ClNO3. The average molecular weight is 258 g/mol. The van der Waals surface area contributed by atoms with Gasteiger partial charge in [-0.2, -0.15) is 0 Å². The molecule has 4 nitrogen and oxygen atoms in total. The Morgan fingerprint density at radius 3 is 2.76 bits per heavy atom. The van der Waals surface area contributed by atoms with Gasteiger partial charge in [-0.05, 0) is 18.6 Å². The molecule has 1 amide bonds. The lowest BCUT2D eigenvalue weighted by atomic mass is 10.1. The van der Waals surface area contributed by atoms with Crippen molar-refractivity contribution in [2.24, 2.45) is 0 Å². The Kier molecular flexibility index (Phi) is 5.25. The number of amides is 1. The standard InChI is InChI=1S/C12H16ClNO3/c1-9(10-5-3-4-6-11(10)13)14(2)12(16)17-8-7-15/h3-6,9,15H,7-8H2,1-2H3. The molecule has 0 radical (unpaired) electrons. The number of halogens is 1. The Morgan fingerprint density at radius 2 is 2.18 bits per heavy atom. The minimum Gasteiger partial charge on any atom is -0.447 e. The number of hydrogen-bond acceptors (Lipinski definition) is 3. The maximum atomic E-state index is 11.6. The van der Waals surface area contributed by atoms with E-state index in [4.69, 9.17) is 21.4 Å². The van der Waals surface area contributed by atoms with Crippen LogP contribution in [0.25, 0.3) is 0 Å². The normalized spacial score (nSPS) is 12.0. The monoisotopic (exact) mass is 257 g/mol. The van der Waals surface area contributed by atoms with Gasteiger partial charge >= 0.3 is 6.09 Å². The van der Waals surface area contributed by atoms with E-state index in [-0.39, 0.29) is 19.3 Å². The summed E-state index contributed by atoms with van der Waals surface area (Å²) in [7, 11) is 1.63. The zero-order valence-electron chi connectivity index (χ0n) is 9.89. The van der Waals surface area contributed by atoms with Gasteiger partial charge in [0.25, 0.3) is 0 Å². The van der Waals surface area contributed by atoms with Crippen LogP contribution in [0.3, 0.4) is 0 Å². The van der Waals surface area contributed by atoms with Crippen molar-refractivity contribution < 1.29 is 14.6 Å². The van der Waals surface area contributed by atoms with Crippen molar-refractivity contribution in [3.8, 4) is 0 Å². The highest BCUT2D eigenvalue weighted by Gasteiger charge is 2.20. The molecule has 94 valence electrons. The second kappa shape index (κ2) is 6.47. The van der Waals surface area contributed by atoms with E-state index >= 15 is 0 Å². The lowest BCUT2D eigenvalue weighted by Gasteiger charge is -2.25. The van der Waals surface area contributed by atoms with Crippen LogP contribution >= 0.6 is 11.6 Å². The Bertz CT molecular complexity index is 384. The summed E-state index contributed by atoms with van der Waals surface area (Å²) in [6, 6.07) is 7.16. The van der Waals surface area contributed by atoms with Gasteiger partial charge < -0.3 is 14.7 Å². The highest BCUT2D eigenvalue weighted by atomic mass is 35.5. The average Bonchev–Trinajstić information content (AvgIpc) is 2.34. The summed E-state index contributed by atoms with van der Waals surface area (Å²) < 4.78 is 4.83. The first-order chi connectivity index (χ1) is 8.07. The highest BCUT2D eigenvalue weighted by Crippen LogP contribution is 2.26. The van der Waals surface area contributed by atoms with Crippen molar-refractivity contribution in [1.29, 1.82) is 0 Å². The lowest BCUT2D eigenvalue weighted by molar-refractivity contribution is 0.0819. The quantitative estimate of drug-likeness (QED) is 0.901. The van der Waals surface area contributed by atoms with Crippen LogP contribution in [0, 0.1) is 0 Å². The van der Waals surface area contributed by atoms with Crippen LogP contribution in [0.5, 0.6) is 0 Å².